The Kier molecular flexibility index (Phi) is 4.24. The maximum absolute atomic E-state index is 13.9. The highest BCUT2D eigenvalue weighted by Crippen LogP contribution is 2.23. The topological polar surface area (TPSA) is 95.1 Å². The minimum Gasteiger partial charge on any atom is -0.471 e. The van der Waals surface area contributed by atoms with Crippen molar-refractivity contribution in [1.82, 2.24) is 19.9 Å². The van der Waals surface area contributed by atoms with Crippen LogP contribution in [-0.2, 0) is 0 Å². The number of hydrogen-bond acceptors (Lipinski definition) is 5. The third kappa shape index (κ3) is 3.31. The van der Waals surface area contributed by atoms with Crippen LogP contribution >= 0.6 is 0 Å². The zero-order chi connectivity index (χ0) is 16.4. The summed E-state index contributed by atoms with van der Waals surface area (Å²) in [5, 5.41) is 2.94. The van der Waals surface area contributed by atoms with Crippen molar-refractivity contribution < 1.29 is 13.9 Å². The molecule has 1 aliphatic heterocycles. The van der Waals surface area contributed by atoms with Crippen LogP contribution in [0.25, 0.3) is 5.69 Å². The van der Waals surface area contributed by atoms with E-state index in [2.05, 4.69) is 15.3 Å². The number of amides is 1. The average molecular weight is 319 g/mol. The Morgan fingerprint density at radius 3 is 3.00 bits per heavy atom. The minimum atomic E-state index is -1.15. The summed E-state index contributed by atoms with van der Waals surface area (Å²) >= 11 is 0. The summed E-state index contributed by atoms with van der Waals surface area (Å²) in [7, 11) is 0. The van der Waals surface area contributed by atoms with Gasteiger partial charge in [0.05, 0.1) is 23.9 Å². The van der Waals surface area contributed by atoms with Crippen molar-refractivity contribution in [1.29, 1.82) is 0 Å². The van der Waals surface area contributed by atoms with Crippen LogP contribution in [0.5, 0.6) is 5.88 Å². The second kappa shape index (κ2) is 6.33. The number of nitrogens with one attached hydrogen (secondary N) is 1. The molecule has 0 saturated carbocycles. The van der Waals surface area contributed by atoms with E-state index in [-0.39, 0.29) is 18.0 Å². The normalized spacial score (nSPS) is 21.1. The smallest absolute Gasteiger partial charge is 0.254 e. The van der Waals surface area contributed by atoms with Crippen LogP contribution in [0.3, 0.4) is 0 Å². The minimum absolute atomic E-state index is 0.0626. The van der Waals surface area contributed by atoms with Crippen LogP contribution in [0.15, 0.2) is 24.8 Å². The van der Waals surface area contributed by atoms with Gasteiger partial charge in [-0.05, 0) is 26.0 Å². The van der Waals surface area contributed by atoms with E-state index >= 15 is 0 Å². The highest BCUT2D eigenvalue weighted by molar-refractivity contribution is 5.95. The number of carbonyl (C=O) groups excluding carboxylic acids is 1. The van der Waals surface area contributed by atoms with Gasteiger partial charge in [0.25, 0.3) is 5.91 Å². The van der Waals surface area contributed by atoms with Crippen molar-refractivity contribution in [2.45, 2.75) is 25.6 Å². The molecule has 1 aliphatic rings. The number of primary amides is 1. The number of aryl methyl sites for hydroxylation is 1. The van der Waals surface area contributed by atoms with Gasteiger partial charge in [-0.2, -0.15) is 0 Å². The Hall–Kier alpha value is -2.48. The fraction of sp³-hybridized carbons (Fsp3) is 0.400. The van der Waals surface area contributed by atoms with Gasteiger partial charge in [-0.15, -0.1) is 0 Å². The van der Waals surface area contributed by atoms with E-state index in [1.165, 1.54) is 6.20 Å². The molecule has 7 nitrogen and oxygen atoms in total. The number of halogens is 1. The number of nitrogens with zero attached hydrogens (tertiary/aromatic N) is 3. The van der Waals surface area contributed by atoms with Gasteiger partial charge in [0.15, 0.2) is 0 Å². The lowest BCUT2D eigenvalue weighted by Gasteiger charge is -2.27. The first-order valence-corrected chi connectivity index (χ1v) is 7.37. The van der Waals surface area contributed by atoms with Gasteiger partial charge < -0.3 is 20.4 Å². The van der Waals surface area contributed by atoms with Crippen LogP contribution in [0, 0.1) is 6.92 Å². The van der Waals surface area contributed by atoms with Gasteiger partial charge in [-0.25, -0.2) is 14.4 Å². The molecule has 1 saturated heterocycles. The molecular formula is C15H18FN5O2. The van der Waals surface area contributed by atoms with E-state index in [0.717, 1.165) is 5.69 Å². The number of imidazole rings is 1. The maximum Gasteiger partial charge on any atom is 0.254 e. The zero-order valence-electron chi connectivity index (χ0n) is 12.7. The second-order valence-electron chi connectivity index (χ2n) is 5.50. The summed E-state index contributed by atoms with van der Waals surface area (Å²) < 4.78 is 21.2. The molecule has 0 aromatic carbocycles. The molecule has 0 aliphatic carbocycles. The van der Waals surface area contributed by atoms with E-state index in [1.54, 1.807) is 23.2 Å². The van der Waals surface area contributed by atoms with Crippen molar-refractivity contribution in [2.24, 2.45) is 5.73 Å². The van der Waals surface area contributed by atoms with E-state index in [9.17, 15) is 9.18 Å². The standard InChI is InChI=1S/C15H18FN5O2/c1-9-7-21(8-20-9)10-4-11(14(17)22)15(19-5-10)23-13-2-3-18-6-12(13)16/h4-5,7-8,12-13,18H,2-3,6H2,1H3,(H2,17,22). The van der Waals surface area contributed by atoms with Gasteiger partial charge in [0.1, 0.15) is 17.8 Å². The molecule has 2 aromatic rings. The van der Waals surface area contributed by atoms with E-state index in [0.29, 0.717) is 18.7 Å². The van der Waals surface area contributed by atoms with Gasteiger partial charge in [-0.3, -0.25) is 4.79 Å². The Labute approximate surface area is 132 Å². The second-order valence-corrected chi connectivity index (χ2v) is 5.50. The quantitative estimate of drug-likeness (QED) is 0.867. The predicted octanol–water partition coefficient (Wildman–Crippen LogP) is 0.753. The summed E-state index contributed by atoms with van der Waals surface area (Å²) in [6.07, 6.45) is 3.67. The monoisotopic (exact) mass is 319 g/mol. The first-order chi connectivity index (χ1) is 11.0. The third-order valence-corrected chi connectivity index (χ3v) is 3.72. The van der Waals surface area contributed by atoms with Crippen LogP contribution in [-0.4, -0.2) is 45.8 Å². The van der Waals surface area contributed by atoms with Gasteiger partial charge in [0.2, 0.25) is 5.88 Å². The predicted molar refractivity (Wildman–Crippen MR) is 81.4 cm³/mol. The first-order valence-electron chi connectivity index (χ1n) is 7.37. The Morgan fingerprint density at radius 2 is 2.35 bits per heavy atom. The Morgan fingerprint density at radius 1 is 1.52 bits per heavy atom. The molecular weight excluding hydrogens is 301 g/mol. The molecule has 1 amide bonds. The molecule has 3 N–H and O–H groups in total. The van der Waals surface area contributed by atoms with Crippen LogP contribution in [0.4, 0.5) is 4.39 Å². The molecule has 2 aromatic heterocycles. The van der Waals surface area contributed by atoms with Crippen molar-refractivity contribution in [3.05, 3.63) is 36.0 Å². The SMILES string of the molecule is Cc1cn(-c2cnc(OC3CCNCC3F)c(C(N)=O)c2)cn1. The summed E-state index contributed by atoms with van der Waals surface area (Å²) in [6, 6.07) is 1.57. The Balaban J connectivity index is 1.89. The largest absolute Gasteiger partial charge is 0.471 e. The van der Waals surface area contributed by atoms with Crippen LogP contribution in [0.2, 0.25) is 0 Å². The van der Waals surface area contributed by atoms with E-state index < -0.39 is 18.2 Å². The molecule has 23 heavy (non-hydrogen) atoms. The van der Waals surface area contributed by atoms with Gasteiger partial charge >= 0.3 is 0 Å². The molecule has 3 rings (SSSR count). The maximum atomic E-state index is 13.9. The molecule has 0 spiro atoms. The molecule has 2 unspecified atom stereocenters. The average Bonchev–Trinajstić information content (AvgIpc) is 2.96. The molecule has 122 valence electrons. The summed E-state index contributed by atoms with van der Waals surface area (Å²) in [5.41, 5.74) is 7.01. The molecule has 0 bridgehead atoms. The summed E-state index contributed by atoms with van der Waals surface area (Å²) in [4.78, 5) is 20.0. The summed E-state index contributed by atoms with van der Waals surface area (Å²) in [5.74, 6) is -0.608. The molecule has 1 fully saturated rings. The van der Waals surface area contributed by atoms with Crippen molar-refractivity contribution >= 4 is 5.91 Å². The number of rotatable bonds is 4. The lowest BCUT2D eigenvalue weighted by atomic mass is 10.1. The third-order valence-electron chi connectivity index (χ3n) is 3.72. The molecule has 3 heterocycles. The highest BCUT2D eigenvalue weighted by Gasteiger charge is 2.28. The molecule has 2 atom stereocenters. The first kappa shape index (κ1) is 15.4. The number of hydrogen-bond donors (Lipinski definition) is 2. The number of ether oxygens (including phenoxy) is 1. The van der Waals surface area contributed by atoms with Crippen molar-refractivity contribution in [3.8, 4) is 11.6 Å². The fourth-order valence-corrected chi connectivity index (χ4v) is 2.49. The number of aromatic nitrogens is 3. The molecule has 8 heteroatoms. The lowest BCUT2D eigenvalue weighted by Crippen LogP contribution is -2.44. The van der Waals surface area contributed by atoms with E-state index in [4.69, 9.17) is 10.5 Å². The zero-order valence-corrected chi connectivity index (χ0v) is 12.7. The summed E-state index contributed by atoms with van der Waals surface area (Å²) in [6.45, 7) is 2.74. The molecule has 0 radical (unpaired) electrons. The van der Waals surface area contributed by atoms with Crippen molar-refractivity contribution in [3.63, 3.8) is 0 Å². The Bertz CT molecular complexity index is 718. The van der Waals surface area contributed by atoms with E-state index in [1.807, 2.05) is 6.92 Å². The van der Waals surface area contributed by atoms with Crippen molar-refractivity contribution in [2.75, 3.05) is 13.1 Å². The van der Waals surface area contributed by atoms with Crippen LogP contribution < -0.4 is 15.8 Å². The number of carbonyl (C=O) groups is 1. The van der Waals surface area contributed by atoms with Gasteiger partial charge in [-0.1, -0.05) is 0 Å². The highest BCUT2D eigenvalue weighted by atomic mass is 19.1. The number of piperidine rings is 1. The number of alkyl halides is 1. The fourth-order valence-electron chi connectivity index (χ4n) is 2.49. The van der Waals surface area contributed by atoms with Gasteiger partial charge in [0, 0.05) is 12.7 Å². The lowest BCUT2D eigenvalue weighted by molar-refractivity contribution is 0.0676. The number of nitrogens with two attached hydrogens (primary N) is 1. The number of pyridine rings is 1. The van der Waals surface area contributed by atoms with Crippen LogP contribution in [0.1, 0.15) is 22.5 Å².